The number of rotatable bonds is 6. The summed E-state index contributed by atoms with van der Waals surface area (Å²) in [7, 11) is 3.25. The molecule has 7 heteroatoms. The Hall–Kier alpha value is -2.28. The van der Waals surface area contributed by atoms with Gasteiger partial charge in [0.05, 0.1) is 0 Å². The van der Waals surface area contributed by atoms with E-state index in [-0.39, 0.29) is 11.7 Å². The Kier molecular flexibility index (Phi) is 4.87. The third-order valence-electron chi connectivity index (χ3n) is 3.40. The van der Waals surface area contributed by atoms with Crippen molar-refractivity contribution in [3.05, 3.63) is 30.1 Å². The summed E-state index contributed by atoms with van der Waals surface area (Å²) in [5.41, 5.74) is 0.885. The van der Waals surface area contributed by atoms with Gasteiger partial charge in [0.15, 0.2) is 18.0 Å². The lowest BCUT2D eigenvalue weighted by atomic mass is 10.1. The van der Waals surface area contributed by atoms with Gasteiger partial charge in [-0.15, -0.1) is 0 Å². The Balaban J connectivity index is 2.04. The number of aromatic nitrogens is 1. The van der Waals surface area contributed by atoms with Gasteiger partial charge in [0.25, 0.3) is 5.91 Å². The van der Waals surface area contributed by atoms with E-state index in [1.54, 1.807) is 38.6 Å². The lowest BCUT2D eigenvalue weighted by Gasteiger charge is -2.21. The number of amides is 2. The SMILES string of the molecule is CC(=O)C1OC1C(=O)NC(Cc1ccncc1)C(=O)N(C)C. The Morgan fingerprint density at radius 1 is 1.27 bits per heavy atom. The predicted molar refractivity (Wildman–Crippen MR) is 77.9 cm³/mol. The van der Waals surface area contributed by atoms with E-state index in [9.17, 15) is 14.4 Å². The Bertz CT molecular complexity index is 573. The van der Waals surface area contributed by atoms with E-state index in [4.69, 9.17) is 4.74 Å². The first-order chi connectivity index (χ1) is 10.4. The quantitative estimate of drug-likeness (QED) is 0.719. The number of carbonyl (C=O) groups excluding carboxylic acids is 3. The minimum absolute atomic E-state index is 0.190. The molecular formula is C15H19N3O4. The van der Waals surface area contributed by atoms with Crippen LogP contribution in [0.2, 0.25) is 0 Å². The van der Waals surface area contributed by atoms with Crippen molar-refractivity contribution >= 4 is 17.6 Å². The first kappa shape index (κ1) is 16.1. The van der Waals surface area contributed by atoms with Crippen LogP contribution < -0.4 is 5.32 Å². The molecule has 2 rings (SSSR count). The van der Waals surface area contributed by atoms with Gasteiger partial charge in [0.2, 0.25) is 5.91 Å². The molecule has 1 aromatic rings. The van der Waals surface area contributed by atoms with Gasteiger partial charge in [-0.3, -0.25) is 19.4 Å². The molecule has 1 aromatic heterocycles. The number of pyridine rings is 1. The molecule has 118 valence electrons. The van der Waals surface area contributed by atoms with Gasteiger partial charge in [0, 0.05) is 32.9 Å². The molecule has 3 atom stereocenters. The first-order valence-electron chi connectivity index (χ1n) is 6.96. The third-order valence-corrected chi connectivity index (χ3v) is 3.40. The number of ketones is 1. The molecule has 0 bridgehead atoms. The Morgan fingerprint density at radius 3 is 2.41 bits per heavy atom. The van der Waals surface area contributed by atoms with Crippen LogP contribution in [0.1, 0.15) is 12.5 Å². The van der Waals surface area contributed by atoms with E-state index in [2.05, 4.69) is 10.3 Å². The van der Waals surface area contributed by atoms with E-state index < -0.39 is 24.2 Å². The highest BCUT2D eigenvalue weighted by molar-refractivity contribution is 5.97. The van der Waals surface area contributed by atoms with Gasteiger partial charge >= 0.3 is 0 Å². The lowest BCUT2D eigenvalue weighted by Crippen LogP contribution is -2.49. The largest absolute Gasteiger partial charge is 0.351 e. The van der Waals surface area contributed by atoms with Crippen LogP contribution in [0, 0.1) is 0 Å². The normalized spacial score (nSPS) is 20.9. The molecule has 1 N–H and O–H groups in total. The zero-order valence-electron chi connectivity index (χ0n) is 12.8. The van der Waals surface area contributed by atoms with E-state index in [1.165, 1.54) is 11.8 Å². The van der Waals surface area contributed by atoms with Crippen LogP contribution in [0.5, 0.6) is 0 Å². The minimum atomic E-state index is -0.785. The second kappa shape index (κ2) is 6.65. The maximum Gasteiger partial charge on any atom is 0.253 e. The molecule has 0 spiro atoms. The van der Waals surface area contributed by atoms with Crippen LogP contribution in [-0.2, 0) is 25.5 Å². The predicted octanol–water partition coefficient (Wildman–Crippen LogP) is -0.446. The van der Waals surface area contributed by atoms with Crippen molar-refractivity contribution in [2.75, 3.05) is 14.1 Å². The van der Waals surface area contributed by atoms with Gasteiger partial charge in [-0.1, -0.05) is 0 Å². The van der Waals surface area contributed by atoms with Crippen LogP contribution in [0.4, 0.5) is 0 Å². The van der Waals surface area contributed by atoms with Crippen LogP contribution in [0.15, 0.2) is 24.5 Å². The van der Waals surface area contributed by atoms with Crippen LogP contribution in [-0.4, -0.2) is 59.8 Å². The Labute approximate surface area is 128 Å². The van der Waals surface area contributed by atoms with Crippen LogP contribution in [0.25, 0.3) is 0 Å². The fraction of sp³-hybridized carbons (Fsp3) is 0.467. The van der Waals surface area contributed by atoms with Crippen LogP contribution >= 0.6 is 0 Å². The summed E-state index contributed by atoms with van der Waals surface area (Å²) in [6, 6.07) is 2.86. The summed E-state index contributed by atoms with van der Waals surface area (Å²) in [5.74, 6) is -0.843. The summed E-state index contributed by atoms with van der Waals surface area (Å²) >= 11 is 0. The number of Topliss-reactive ketones (excluding diaryl/α,β-unsaturated/α-hetero) is 1. The highest BCUT2D eigenvalue weighted by Gasteiger charge is 2.49. The molecule has 0 aromatic carbocycles. The van der Waals surface area contributed by atoms with Gasteiger partial charge in [-0.2, -0.15) is 0 Å². The van der Waals surface area contributed by atoms with E-state index in [0.717, 1.165) is 5.56 Å². The number of hydrogen-bond donors (Lipinski definition) is 1. The molecule has 0 aliphatic carbocycles. The molecule has 3 unspecified atom stereocenters. The van der Waals surface area contributed by atoms with Crippen LogP contribution in [0.3, 0.4) is 0 Å². The average Bonchev–Trinajstić information content (AvgIpc) is 3.27. The zero-order chi connectivity index (χ0) is 16.3. The monoisotopic (exact) mass is 305 g/mol. The second-order valence-electron chi connectivity index (χ2n) is 5.44. The molecule has 2 heterocycles. The second-order valence-corrected chi connectivity index (χ2v) is 5.44. The summed E-state index contributed by atoms with van der Waals surface area (Å²) in [4.78, 5) is 40.8. The first-order valence-corrected chi connectivity index (χ1v) is 6.96. The van der Waals surface area contributed by atoms with Crippen molar-refractivity contribution in [3.63, 3.8) is 0 Å². The molecule has 1 aliphatic rings. The van der Waals surface area contributed by atoms with Gasteiger partial charge < -0.3 is 15.0 Å². The number of ether oxygens (including phenoxy) is 1. The highest BCUT2D eigenvalue weighted by Crippen LogP contribution is 2.23. The fourth-order valence-corrected chi connectivity index (χ4v) is 2.14. The smallest absolute Gasteiger partial charge is 0.253 e. The van der Waals surface area contributed by atoms with E-state index >= 15 is 0 Å². The molecule has 1 saturated heterocycles. The Morgan fingerprint density at radius 2 is 1.91 bits per heavy atom. The third kappa shape index (κ3) is 3.88. The maximum absolute atomic E-state index is 12.2. The zero-order valence-corrected chi connectivity index (χ0v) is 12.8. The molecule has 1 aliphatic heterocycles. The average molecular weight is 305 g/mol. The minimum Gasteiger partial charge on any atom is -0.351 e. The summed E-state index contributed by atoms with van der Waals surface area (Å²) in [5, 5.41) is 2.67. The van der Waals surface area contributed by atoms with Crippen molar-refractivity contribution < 1.29 is 19.1 Å². The number of likely N-dealkylation sites (N-methyl/N-ethyl adjacent to an activating group) is 1. The molecular weight excluding hydrogens is 286 g/mol. The molecule has 22 heavy (non-hydrogen) atoms. The van der Waals surface area contributed by atoms with E-state index in [0.29, 0.717) is 6.42 Å². The standard InChI is InChI=1S/C15H19N3O4/c1-9(19)12-13(22-12)14(20)17-11(15(21)18(2)3)8-10-4-6-16-7-5-10/h4-7,11-13H,8H2,1-3H3,(H,17,20). The summed E-state index contributed by atoms with van der Waals surface area (Å²) < 4.78 is 5.04. The number of carbonyl (C=O) groups is 3. The number of epoxide rings is 1. The summed E-state index contributed by atoms with van der Waals surface area (Å²) in [6.07, 6.45) is 2.14. The topological polar surface area (TPSA) is 91.9 Å². The van der Waals surface area contributed by atoms with Gasteiger partial charge in [0.1, 0.15) is 6.04 Å². The molecule has 0 saturated carbocycles. The van der Waals surface area contributed by atoms with Gasteiger partial charge in [-0.25, -0.2) is 0 Å². The fourth-order valence-electron chi connectivity index (χ4n) is 2.14. The van der Waals surface area contributed by atoms with Crippen molar-refractivity contribution in [2.45, 2.75) is 31.6 Å². The number of nitrogens with one attached hydrogen (secondary N) is 1. The lowest BCUT2D eigenvalue weighted by molar-refractivity contribution is -0.134. The summed E-state index contributed by atoms with van der Waals surface area (Å²) in [6.45, 7) is 1.37. The van der Waals surface area contributed by atoms with E-state index in [1.807, 2.05) is 0 Å². The maximum atomic E-state index is 12.2. The molecule has 7 nitrogen and oxygen atoms in total. The van der Waals surface area contributed by atoms with Crippen molar-refractivity contribution in [1.29, 1.82) is 0 Å². The van der Waals surface area contributed by atoms with Crippen molar-refractivity contribution in [2.24, 2.45) is 0 Å². The van der Waals surface area contributed by atoms with Gasteiger partial charge in [-0.05, 0) is 24.6 Å². The molecule has 1 fully saturated rings. The molecule has 2 amide bonds. The van der Waals surface area contributed by atoms with Crippen molar-refractivity contribution in [1.82, 2.24) is 15.2 Å². The number of hydrogen-bond acceptors (Lipinski definition) is 5. The highest BCUT2D eigenvalue weighted by atomic mass is 16.6. The number of nitrogens with zero attached hydrogens (tertiary/aromatic N) is 2. The molecule has 0 radical (unpaired) electrons. The van der Waals surface area contributed by atoms with Crippen molar-refractivity contribution in [3.8, 4) is 0 Å².